The van der Waals surface area contributed by atoms with Gasteiger partial charge in [0.15, 0.2) is 0 Å². The van der Waals surface area contributed by atoms with Crippen molar-refractivity contribution in [1.82, 2.24) is 5.32 Å². The van der Waals surface area contributed by atoms with Gasteiger partial charge in [-0.25, -0.2) is 0 Å². The molecular weight excluding hydrogens is 353 g/mol. The van der Waals surface area contributed by atoms with Crippen molar-refractivity contribution in [3.05, 3.63) is 64.7 Å². The Morgan fingerprint density at radius 3 is 2.62 bits per heavy atom. The topological polar surface area (TPSA) is 21.3 Å². The molecule has 2 aromatic rings. The van der Waals surface area contributed by atoms with E-state index in [0.29, 0.717) is 0 Å². The zero-order valence-electron chi connectivity index (χ0n) is 13.8. The van der Waals surface area contributed by atoms with Crippen LogP contribution < -0.4 is 10.1 Å². The summed E-state index contributed by atoms with van der Waals surface area (Å²) in [6.45, 7) is -2.81. The molecular formula is C19H18F5NO. The number of hydrogen-bond acceptors (Lipinski definition) is 2. The van der Waals surface area contributed by atoms with Crippen LogP contribution >= 0.6 is 0 Å². The number of fused-ring (bicyclic) bond motifs is 1. The number of nitrogens with one attached hydrogen (secondary N) is 1. The zero-order chi connectivity index (χ0) is 18.7. The van der Waals surface area contributed by atoms with Crippen molar-refractivity contribution >= 4 is 0 Å². The lowest BCUT2D eigenvalue weighted by Crippen LogP contribution is -2.26. The summed E-state index contributed by atoms with van der Waals surface area (Å²) >= 11 is 0. The first-order valence-electron chi connectivity index (χ1n) is 8.30. The van der Waals surface area contributed by atoms with Crippen molar-refractivity contribution in [3.63, 3.8) is 0 Å². The maximum Gasteiger partial charge on any atom is 0.416 e. The molecule has 0 aliphatic heterocycles. The van der Waals surface area contributed by atoms with Crippen molar-refractivity contribution in [2.75, 3.05) is 0 Å². The standard InChI is InChI=1S/C19H18F5NO/c20-18(21)26-14-8-9-15-12(10-14)5-3-7-17(15)25-11-13-4-1-2-6-16(13)19(22,23)24/h1-2,4,6,8-10,17-18,25H,3,5,7,11H2/t17-/m1/s1. The highest BCUT2D eigenvalue weighted by molar-refractivity contribution is 5.39. The van der Waals surface area contributed by atoms with Crippen LogP contribution in [0.1, 0.15) is 41.1 Å². The van der Waals surface area contributed by atoms with Gasteiger partial charge in [-0.3, -0.25) is 0 Å². The predicted molar refractivity (Wildman–Crippen MR) is 87.0 cm³/mol. The van der Waals surface area contributed by atoms with E-state index in [9.17, 15) is 22.0 Å². The summed E-state index contributed by atoms with van der Waals surface area (Å²) in [5, 5.41) is 3.18. The largest absolute Gasteiger partial charge is 0.435 e. The molecule has 0 heterocycles. The van der Waals surface area contributed by atoms with Gasteiger partial charge in [0.1, 0.15) is 5.75 Å². The third-order valence-corrected chi connectivity index (χ3v) is 4.52. The third kappa shape index (κ3) is 4.33. The first kappa shape index (κ1) is 18.6. The fraction of sp³-hybridized carbons (Fsp3) is 0.368. The first-order chi connectivity index (χ1) is 12.3. The van der Waals surface area contributed by atoms with Gasteiger partial charge in [0, 0.05) is 12.6 Å². The molecule has 1 aliphatic carbocycles. The second-order valence-corrected chi connectivity index (χ2v) is 6.22. The van der Waals surface area contributed by atoms with Gasteiger partial charge in [-0.1, -0.05) is 24.3 Å². The minimum atomic E-state index is -4.40. The highest BCUT2D eigenvalue weighted by Crippen LogP contribution is 2.35. The van der Waals surface area contributed by atoms with E-state index in [0.717, 1.165) is 36.5 Å². The molecule has 140 valence electrons. The Hall–Kier alpha value is -2.15. The molecule has 1 N–H and O–H groups in total. The first-order valence-corrected chi connectivity index (χ1v) is 8.30. The van der Waals surface area contributed by atoms with Crippen LogP contribution in [0.3, 0.4) is 0 Å². The summed E-state index contributed by atoms with van der Waals surface area (Å²) in [7, 11) is 0. The molecule has 0 unspecified atom stereocenters. The summed E-state index contributed by atoms with van der Waals surface area (Å²) in [6, 6.07) is 10.1. The van der Waals surface area contributed by atoms with E-state index < -0.39 is 18.4 Å². The minimum absolute atomic E-state index is 0.0784. The van der Waals surface area contributed by atoms with Crippen molar-refractivity contribution < 1.29 is 26.7 Å². The minimum Gasteiger partial charge on any atom is -0.435 e. The van der Waals surface area contributed by atoms with Gasteiger partial charge in [0.05, 0.1) is 5.56 Å². The molecule has 0 aromatic heterocycles. The molecule has 1 atom stereocenters. The van der Waals surface area contributed by atoms with E-state index in [-0.39, 0.29) is 23.9 Å². The van der Waals surface area contributed by atoms with Crippen LogP contribution in [0.25, 0.3) is 0 Å². The highest BCUT2D eigenvalue weighted by atomic mass is 19.4. The molecule has 2 nitrogen and oxygen atoms in total. The molecule has 0 fully saturated rings. The Balaban J connectivity index is 1.75. The van der Waals surface area contributed by atoms with E-state index in [2.05, 4.69) is 10.1 Å². The summed E-state index contributed by atoms with van der Waals surface area (Å²) in [4.78, 5) is 0. The second kappa shape index (κ2) is 7.61. The number of alkyl halides is 5. The fourth-order valence-electron chi connectivity index (χ4n) is 3.36. The Morgan fingerprint density at radius 2 is 1.88 bits per heavy atom. The molecule has 0 saturated carbocycles. The van der Waals surface area contributed by atoms with Gasteiger partial charge in [-0.15, -0.1) is 0 Å². The Bertz CT molecular complexity index is 760. The van der Waals surface area contributed by atoms with Crippen LogP contribution in [-0.2, 0) is 19.1 Å². The third-order valence-electron chi connectivity index (χ3n) is 4.52. The monoisotopic (exact) mass is 371 g/mol. The van der Waals surface area contributed by atoms with Gasteiger partial charge in [0.25, 0.3) is 0 Å². The van der Waals surface area contributed by atoms with Gasteiger partial charge in [0.2, 0.25) is 0 Å². The molecule has 0 bridgehead atoms. The maximum atomic E-state index is 13.1. The molecule has 0 amide bonds. The summed E-state index contributed by atoms with van der Waals surface area (Å²) in [5.41, 5.74) is 1.34. The van der Waals surface area contributed by atoms with Gasteiger partial charge >= 0.3 is 12.8 Å². The molecule has 0 spiro atoms. The highest BCUT2D eigenvalue weighted by Gasteiger charge is 2.33. The quantitative estimate of drug-likeness (QED) is 0.704. The van der Waals surface area contributed by atoms with E-state index in [1.54, 1.807) is 18.2 Å². The van der Waals surface area contributed by atoms with Gasteiger partial charge in [-0.05, 0) is 54.2 Å². The van der Waals surface area contributed by atoms with Gasteiger partial charge in [-0.2, -0.15) is 22.0 Å². The molecule has 2 aromatic carbocycles. The molecule has 3 rings (SSSR count). The van der Waals surface area contributed by atoms with Crippen LogP contribution in [0, 0.1) is 0 Å². The molecule has 26 heavy (non-hydrogen) atoms. The zero-order valence-corrected chi connectivity index (χ0v) is 13.8. The number of ether oxygens (including phenoxy) is 1. The van der Waals surface area contributed by atoms with E-state index >= 15 is 0 Å². The van der Waals surface area contributed by atoms with Crippen LogP contribution in [0.4, 0.5) is 22.0 Å². The number of benzene rings is 2. The average molecular weight is 371 g/mol. The predicted octanol–water partition coefficient (Wildman–Crippen LogP) is 5.47. The van der Waals surface area contributed by atoms with Crippen LogP contribution in [0.15, 0.2) is 42.5 Å². The van der Waals surface area contributed by atoms with Crippen molar-refractivity contribution in [3.8, 4) is 5.75 Å². The lowest BCUT2D eigenvalue weighted by molar-refractivity contribution is -0.138. The molecule has 0 saturated heterocycles. The number of halogens is 5. The Morgan fingerprint density at radius 1 is 1.12 bits per heavy atom. The normalized spacial score (nSPS) is 17.2. The molecule has 0 radical (unpaired) electrons. The molecule has 1 aliphatic rings. The van der Waals surface area contributed by atoms with E-state index in [4.69, 9.17) is 0 Å². The summed E-state index contributed by atoms with van der Waals surface area (Å²) in [5.74, 6) is 0.0989. The van der Waals surface area contributed by atoms with Crippen LogP contribution in [-0.4, -0.2) is 6.61 Å². The van der Waals surface area contributed by atoms with Crippen molar-refractivity contribution in [2.24, 2.45) is 0 Å². The lowest BCUT2D eigenvalue weighted by Gasteiger charge is -2.27. The smallest absolute Gasteiger partial charge is 0.416 e. The number of hydrogen-bond donors (Lipinski definition) is 1. The Labute approximate surface area is 148 Å². The van der Waals surface area contributed by atoms with Gasteiger partial charge < -0.3 is 10.1 Å². The number of rotatable bonds is 5. The van der Waals surface area contributed by atoms with Crippen molar-refractivity contribution in [1.29, 1.82) is 0 Å². The summed E-state index contributed by atoms with van der Waals surface area (Å²) in [6.07, 6.45) is -2.07. The lowest BCUT2D eigenvalue weighted by atomic mass is 9.87. The van der Waals surface area contributed by atoms with Crippen molar-refractivity contribution in [2.45, 2.75) is 44.6 Å². The number of aryl methyl sites for hydroxylation is 1. The van der Waals surface area contributed by atoms with E-state index in [1.807, 2.05) is 0 Å². The SMILES string of the molecule is FC(F)Oc1ccc2c(c1)CCC[C@H]2NCc1ccccc1C(F)(F)F. The van der Waals surface area contributed by atoms with Crippen LogP contribution in [0.5, 0.6) is 5.75 Å². The molecule has 7 heteroatoms. The Kier molecular flexibility index (Phi) is 5.46. The maximum absolute atomic E-state index is 13.1. The fourth-order valence-corrected chi connectivity index (χ4v) is 3.36. The summed E-state index contributed by atoms with van der Waals surface area (Å²) < 4.78 is 68.4. The van der Waals surface area contributed by atoms with Crippen LogP contribution in [0.2, 0.25) is 0 Å². The second-order valence-electron chi connectivity index (χ2n) is 6.22. The average Bonchev–Trinajstić information content (AvgIpc) is 2.58. The van der Waals surface area contributed by atoms with E-state index in [1.165, 1.54) is 18.2 Å².